The average molecular weight is 297 g/mol. The van der Waals surface area contributed by atoms with E-state index < -0.39 is 0 Å². The van der Waals surface area contributed by atoms with Crippen LogP contribution in [-0.4, -0.2) is 30.9 Å². The van der Waals surface area contributed by atoms with E-state index >= 15 is 0 Å². The molecule has 0 unspecified atom stereocenters. The maximum Gasteiger partial charge on any atom is 0.223 e. The Morgan fingerprint density at radius 3 is 2.23 bits per heavy atom. The van der Waals surface area contributed by atoms with Crippen LogP contribution in [0, 0.1) is 0 Å². The molecule has 0 spiro atoms. The fourth-order valence-electron chi connectivity index (χ4n) is 2.37. The Morgan fingerprint density at radius 2 is 1.64 bits per heavy atom. The van der Waals surface area contributed by atoms with Gasteiger partial charge in [-0.1, -0.05) is 30.3 Å². The first-order valence-electron chi connectivity index (χ1n) is 7.42. The van der Waals surface area contributed by atoms with E-state index in [2.05, 4.69) is 24.1 Å². The predicted octanol–water partition coefficient (Wildman–Crippen LogP) is 2.75. The van der Waals surface area contributed by atoms with Crippen molar-refractivity contribution < 1.29 is 4.79 Å². The zero-order valence-corrected chi connectivity index (χ0v) is 13.2. The van der Waals surface area contributed by atoms with Crippen molar-refractivity contribution in [2.24, 2.45) is 0 Å². The van der Waals surface area contributed by atoms with Gasteiger partial charge in [-0.05, 0) is 36.9 Å². The van der Waals surface area contributed by atoms with Gasteiger partial charge < -0.3 is 15.5 Å². The summed E-state index contributed by atoms with van der Waals surface area (Å²) in [7, 11) is 2.06. The van der Waals surface area contributed by atoms with E-state index in [4.69, 9.17) is 5.73 Å². The van der Waals surface area contributed by atoms with Gasteiger partial charge in [0.25, 0.3) is 0 Å². The van der Waals surface area contributed by atoms with Gasteiger partial charge in [-0.15, -0.1) is 0 Å². The number of carbonyl (C=O) groups excluding carboxylic acids is 1. The Kier molecular flexibility index (Phi) is 5.55. The monoisotopic (exact) mass is 297 g/mol. The minimum atomic E-state index is 0.0397. The number of amides is 1. The Bertz CT molecular complexity index is 595. The van der Waals surface area contributed by atoms with Gasteiger partial charge in [0.1, 0.15) is 0 Å². The zero-order chi connectivity index (χ0) is 15.9. The number of hydrogen-bond acceptors (Lipinski definition) is 3. The summed E-state index contributed by atoms with van der Waals surface area (Å²) in [5.74, 6) is 0.0397. The van der Waals surface area contributed by atoms with Crippen LogP contribution >= 0.6 is 0 Å². The third-order valence-corrected chi connectivity index (χ3v) is 3.59. The van der Waals surface area contributed by atoms with Gasteiger partial charge in [-0.25, -0.2) is 0 Å². The van der Waals surface area contributed by atoms with E-state index in [1.54, 1.807) is 11.8 Å². The van der Waals surface area contributed by atoms with Crippen LogP contribution in [0.25, 0.3) is 0 Å². The van der Waals surface area contributed by atoms with Crippen molar-refractivity contribution in [1.29, 1.82) is 0 Å². The lowest BCUT2D eigenvalue weighted by atomic mass is 10.2. The first kappa shape index (κ1) is 16.0. The minimum Gasteiger partial charge on any atom is -0.399 e. The van der Waals surface area contributed by atoms with Gasteiger partial charge in [0, 0.05) is 37.9 Å². The molecule has 0 heterocycles. The van der Waals surface area contributed by atoms with Crippen LogP contribution in [0.4, 0.5) is 11.4 Å². The second kappa shape index (κ2) is 7.61. The Labute approximate surface area is 132 Å². The van der Waals surface area contributed by atoms with Gasteiger partial charge >= 0.3 is 0 Å². The molecule has 1 amide bonds. The fourth-order valence-corrected chi connectivity index (χ4v) is 2.37. The van der Waals surface area contributed by atoms with E-state index in [1.807, 2.05) is 42.5 Å². The highest BCUT2D eigenvalue weighted by molar-refractivity contribution is 5.91. The quantitative estimate of drug-likeness (QED) is 0.834. The molecule has 4 heteroatoms. The summed E-state index contributed by atoms with van der Waals surface area (Å²) in [6, 6.07) is 17.7. The van der Waals surface area contributed by atoms with Crippen molar-refractivity contribution in [2.45, 2.75) is 13.5 Å². The highest BCUT2D eigenvalue weighted by atomic mass is 16.2. The van der Waals surface area contributed by atoms with Crippen molar-refractivity contribution >= 4 is 17.3 Å². The van der Waals surface area contributed by atoms with E-state index in [1.165, 1.54) is 5.56 Å². The standard InChI is InChI=1S/C18H23N3O/c1-15(22)21(18-10-8-17(19)9-11-18)13-12-20(2)14-16-6-4-3-5-7-16/h3-11H,12-14,19H2,1-2H3. The van der Waals surface area contributed by atoms with Crippen LogP contribution in [0.2, 0.25) is 0 Å². The summed E-state index contributed by atoms with van der Waals surface area (Å²) in [5.41, 5.74) is 8.56. The highest BCUT2D eigenvalue weighted by Gasteiger charge is 2.12. The molecule has 0 aliphatic rings. The molecule has 2 aromatic rings. The first-order valence-corrected chi connectivity index (χ1v) is 7.42. The number of nitrogens with two attached hydrogens (primary N) is 1. The summed E-state index contributed by atoms with van der Waals surface area (Å²) < 4.78 is 0. The fraction of sp³-hybridized carbons (Fsp3) is 0.278. The lowest BCUT2D eigenvalue weighted by Gasteiger charge is -2.25. The number of nitrogen functional groups attached to an aromatic ring is 1. The molecule has 4 nitrogen and oxygen atoms in total. The summed E-state index contributed by atoms with van der Waals surface area (Å²) in [5, 5.41) is 0. The molecular weight excluding hydrogens is 274 g/mol. The maximum atomic E-state index is 11.9. The number of likely N-dealkylation sites (N-methyl/N-ethyl adjacent to an activating group) is 1. The third-order valence-electron chi connectivity index (χ3n) is 3.59. The van der Waals surface area contributed by atoms with Crippen molar-refractivity contribution in [1.82, 2.24) is 4.90 Å². The zero-order valence-electron chi connectivity index (χ0n) is 13.2. The number of benzene rings is 2. The molecule has 0 aliphatic carbocycles. The average Bonchev–Trinajstić information content (AvgIpc) is 2.50. The topological polar surface area (TPSA) is 49.6 Å². The Balaban J connectivity index is 1.94. The smallest absolute Gasteiger partial charge is 0.223 e. The first-order chi connectivity index (χ1) is 10.6. The summed E-state index contributed by atoms with van der Waals surface area (Å²) in [4.78, 5) is 15.9. The Hall–Kier alpha value is -2.33. The highest BCUT2D eigenvalue weighted by Crippen LogP contribution is 2.16. The van der Waals surface area contributed by atoms with E-state index in [-0.39, 0.29) is 5.91 Å². The van der Waals surface area contributed by atoms with Gasteiger partial charge in [-0.3, -0.25) is 4.79 Å². The van der Waals surface area contributed by atoms with E-state index in [0.29, 0.717) is 12.2 Å². The van der Waals surface area contributed by atoms with Crippen LogP contribution in [0.1, 0.15) is 12.5 Å². The molecule has 0 radical (unpaired) electrons. The second-order valence-corrected chi connectivity index (χ2v) is 5.49. The summed E-state index contributed by atoms with van der Waals surface area (Å²) in [6.07, 6.45) is 0. The largest absolute Gasteiger partial charge is 0.399 e. The number of nitrogens with zero attached hydrogens (tertiary/aromatic N) is 2. The van der Waals surface area contributed by atoms with Crippen molar-refractivity contribution in [2.75, 3.05) is 30.8 Å². The van der Waals surface area contributed by atoms with Gasteiger partial charge in [0.05, 0.1) is 0 Å². The molecule has 0 aliphatic heterocycles. The van der Waals surface area contributed by atoms with Crippen LogP contribution in [0.5, 0.6) is 0 Å². The third kappa shape index (κ3) is 4.60. The lowest BCUT2D eigenvalue weighted by molar-refractivity contribution is -0.116. The molecule has 0 fully saturated rings. The molecule has 0 saturated heterocycles. The minimum absolute atomic E-state index is 0.0397. The van der Waals surface area contributed by atoms with Crippen molar-refractivity contribution in [3.8, 4) is 0 Å². The second-order valence-electron chi connectivity index (χ2n) is 5.49. The molecule has 2 aromatic carbocycles. The van der Waals surface area contributed by atoms with Crippen molar-refractivity contribution in [3.63, 3.8) is 0 Å². The van der Waals surface area contributed by atoms with Crippen LogP contribution in [-0.2, 0) is 11.3 Å². The molecule has 22 heavy (non-hydrogen) atoms. The van der Waals surface area contributed by atoms with Crippen molar-refractivity contribution in [3.05, 3.63) is 60.2 Å². The van der Waals surface area contributed by atoms with Crippen LogP contribution in [0.3, 0.4) is 0 Å². The van der Waals surface area contributed by atoms with Gasteiger partial charge in [0.2, 0.25) is 5.91 Å². The number of carbonyl (C=O) groups is 1. The lowest BCUT2D eigenvalue weighted by Crippen LogP contribution is -2.36. The van der Waals surface area contributed by atoms with E-state index in [0.717, 1.165) is 18.8 Å². The van der Waals surface area contributed by atoms with Crippen LogP contribution < -0.4 is 10.6 Å². The molecule has 0 atom stereocenters. The maximum absolute atomic E-state index is 11.9. The molecule has 2 rings (SSSR count). The summed E-state index contributed by atoms with van der Waals surface area (Å²) >= 11 is 0. The summed E-state index contributed by atoms with van der Waals surface area (Å²) in [6.45, 7) is 3.92. The molecule has 0 saturated carbocycles. The van der Waals surface area contributed by atoms with Gasteiger partial charge in [-0.2, -0.15) is 0 Å². The predicted molar refractivity (Wildman–Crippen MR) is 91.7 cm³/mol. The number of hydrogen-bond donors (Lipinski definition) is 1. The Morgan fingerprint density at radius 1 is 1.00 bits per heavy atom. The van der Waals surface area contributed by atoms with Gasteiger partial charge in [0.15, 0.2) is 0 Å². The normalized spacial score (nSPS) is 10.7. The molecule has 116 valence electrons. The molecular formula is C18H23N3O. The molecule has 0 bridgehead atoms. The number of rotatable bonds is 6. The SMILES string of the molecule is CC(=O)N(CCN(C)Cc1ccccc1)c1ccc(N)cc1. The van der Waals surface area contributed by atoms with Crippen LogP contribution in [0.15, 0.2) is 54.6 Å². The number of anilines is 2. The molecule has 2 N–H and O–H groups in total. The molecule has 0 aromatic heterocycles. The van der Waals surface area contributed by atoms with E-state index in [9.17, 15) is 4.79 Å².